The molecule has 0 unspecified atom stereocenters. The molecular weight excluding hydrogens is 352 g/mol. The molecule has 0 spiro atoms. The molecule has 0 saturated carbocycles. The molecule has 1 atom stereocenters. The van der Waals surface area contributed by atoms with Gasteiger partial charge in [-0.25, -0.2) is 9.97 Å². The van der Waals surface area contributed by atoms with Gasteiger partial charge in [0, 0.05) is 12.4 Å². The van der Waals surface area contributed by atoms with Crippen molar-refractivity contribution in [3.05, 3.63) is 47.8 Å². The number of nitrogens with zero attached hydrogens (tertiary/aromatic N) is 3. The van der Waals surface area contributed by atoms with Crippen molar-refractivity contribution in [2.24, 2.45) is 0 Å². The highest BCUT2D eigenvalue weighted by Crippen LogP contribution is 2.27. The van der Waals surface area contributed by atoms with Crippen LogP contribution in [-0.4, -0.2) is 60.5 Å². The Bertz CT molecular complexity index is 753. The molecule has 1 fully saturated rings. The van der Waals surface area contributed by atoms with Crippen molar-refractivity contribution in [1.29, 1.82) is 0 Å². The van der Waals surface area contributed by atoms with Crippen molar-refractivity contribution in [3.63, 3.8) is 0 Å². The van der Waals surface area contributed by atoms with Gasteiger partial charge in [-0.15, -0.1) is 0 Å². The summed E-state index contributed by atoms with van der Waals surface area (Å²) in [4.78, 5) is 12.2. The van der Waals surface area contributed by atoms with Crippen LogP contribution in [0.4, 0.5) is 5.95 Å². The maximum Gasteiger partial charge on any atom is 0.225 e. The Morgan fingerprint density at radius 3 is 2.46 bits per heavy atom. The molecule has 0 bridgehead atoms. The molecule has 2 heterocycles. The van der Waals surface area contributed by atoms with E-state index in [0.717, 1.165) is 43.4 Å². The van der Waals surface area contributed by atoms with E-state index < -0.39 is 6.10 Å². The predicted molar refractivity (Wildman–Crippen MR) is 111 cm³/mol. The number of anilines is 1. The molecule has 28 heavy (non-hydrogen) atoms. The highest BCUT2D eigenvalue weighted by atomic mass is 16.5. The standard InChI is InChI=1S/C22H32N4O2/c1-17-14-18(22(2,3)4)6-7-20(17)28-16-19(27)15-25-10-12-26(13-11-25)21-23-8-5-9-24-21/h5-9,14,19,27H,10-13,15-16H2,1-4H3/p+1/t19-/m1/s1. The summed E-state index contributed by atoms with van der Waals surface area (Å²) in [5.41, 5.74) is 2.53. The maximum absolute atomic E-state index is 10.4. The van der Waals surface area contributed by atoms with E-state index in [1.54, 1.807) is 12.4 Å². The number of ether oxygens (including phenoxy) is 1. The Labute approximate surface area is 168 Å². The van der Waals surface area contributed by atoms with E-state index >= 15 is 0 Å². The van der Waals surface area contributed by atoms with Crippen LogP contribution in [0.5, 0.6) is 5.75 Å². The average molecular weight is 386 g/mol. The molecule has 6 nitrogen and oxygen atoms in total. The molecule has 2 N–H and O–H groups in total. The normalized spacial score (nSPS) is 16.8. The maximum atomic E-state index is 10.4. The lowest BCUT2D eigenvalue weighted by Gasteiger charge is -2.33. The van der Waals surface area contributed by atoms with Crippen LogP contribution in [0.25, 0.3) is 0 Å². The number of aryl methyl sites for hydroxylation is 1. The molecule has 1 aromatic heterocycles. The summed E-state index contributed by atoms with van der Waals surface area (Å²) >= 11 is 0. The summed E-state index contributed by atoms with van der Waals surface area (Å²) in [5, 5.41) is 10.4. The largest absolute Gasteiger partial charge is 0.490 e. The lowest BCUT2D eigenvalue weighted by molar-refractivity contribution is -0.903. The summed E-state index contributed by atoms with van der Waals surface area (Å²) < 4.78 is 5.90. The number of nitrogens with one attached hydrogen (secondary N) is 1. The predicted octanol–water partition coefficient (Wildman–Crippen LogP) is 1.23. The topological polar surface area (TPSA) is 62.9 Å². The van der Waals surface area contributed by atoms with E-state index in [0.29, 0.717) is 13.2 Å². The van der Waals surface area contributed by atoms with Gasteiger partial charge < -0.3 is 19.6 Å². The summed E-state index contributed by atoms with van der Waals surface area (Å²) in [5.74, 6) is 1.65. The van der Waals surface area contributed by atoms with E-state index in [1.165, 1.54) is 10.5 Å². The third-order valence-corrected chi connectivity index (χ3v) is 5.30. The number of hydrogen-bond acceptors (Lipinski definition) is 5. The second-order valence-corrected chi connectivity index (χ2v) is 8.69. The number of rotatable bonds is 6. The molecule has 152 valence electrons. The molecule has 0 radical (unpaired) electrons. The van der Waals surface area contributed by atoms with Gasteiger partial charge in [-0.1, -0.05) is 32.9 Å². The van der Waals surface area contributed by atoms with Gasteiger partial charge in [0.05, 0.1) is 26.2 Å². The van der Waals surface area contributed by atoms with Crippen molar-refractivity contribution in [3.8, 4) is 5.75 Å². The van der Waals surface area contributed by atoms with Gasteiger partial charge in [0.25, 0.3) is 0 Å². The molecule has 1 aliphatic rings. The first-order valence-electron chi connectivity index (χ1n) is 10.1. The zero-order valence-corrected chi connectivity index (χ0v) is 17.5. The molecule has 3 rings (SSSR count). The first kappa shape index (κ1) is 20.6. The molecule has 1 aromatic carbocycles. The zero-order chi connectivity index (χ0) is 20.1. The molecular formula is C22H33N4O2+. The van der Waals surface area contributed by atoms with Crippen molar-refractivity contribution in [2.75, 3.05) is 44.2 Å². The fraction of sp³-hybridized carbons (Fsp3) is 0.545. The Balaban J connectivity index is 1.45. The van der Waals surface area contributed by atoms with Crippen LogP contribution in [0.3, 0.4) is 0 Å². The number of benzene rings is 1. The fourth-order valence-electron chi connectivity index (χ4n) is 3.54. The minimum atomic E-state index is -0.476. The van der Waals surface area contributed by atoms with Crippen molar-refractivity contribution < 1.29 is 14.7 Å². The van der Waals surface area contributed by atoms with E-state index in [4.69, 9.17) is 4.74 Å². The Kier molecular flexibility index (Phi) is 6.52. The Hall–Kier alpha value is -2.18. The quantitative estimate of drug-likeness (QED) is 0.783. The van der Waals surface area contributed by atoms with Crippen LogP contribution >= 0.6 is 0 Å². The van der Waals surface area contributed by atoms with Crippen LogP contribution in [0, 0.1) is 6.92 Å². The van der Waals surface area contributed by atoms with E-state index in [1.807, 2.05) is 12.1 Å². The summed E-state index contributed by atoms with van der Waals surface area (Å²) in [6.45, 7) is 13.4. The van der Waals surface area contributed by atoms with Crippen molar-refractivity contribution in [2.45, 2.75) is 39.2 Å². The lowest BCUT2D eigenvalue weighted by Crippen LogP contribution is -3.16. The smallest absolute Gasteiger partial charge is 0.225 e. The molecule has 0 amide bonds. The minimum Gasteiger partial charge on any atom is -0.490 e. The van der Waals surface area contributed by atoms with Crippen LogP contribution in [0.1, 0.15) is 31.9 Å². The van der Waals surface area contributed by atoms with E-state index in [2.05, 4.69) is 54.7 Å². The third-order valence-electron chi connectivity index (χ3n) is 5.30. The van der Waals surface area contributed by atoms with Gasteiger partial charge in [0.2, 0.25) is 5.95 Å². The number of aliphatic hydroxyl groups excluding tert-OH is 1. The molecule has 1 saturated heterocycles. The van der Waals surface area contributed by atoms with Crippen molar-refractivity contribution in [1.82, 2.24) is 9.97 Å². The van der Waals surface area contributed by atoms with Crippen molar-refractivity contribution >= 4 is 5.95 Å². The first-order chi connectivity index (χ1) is 13.3. The number of aliphatic hydroxyl groups is 1. The van der Waals surface area contributed by atoms with Crippen LogP contribution in [0.15, 0.2) is 36.7 Å². The Morgan fingerprint density at radius 1 is 1.18 bits per heavy atom. The second-order valence-electron chi connectivity index (χ2n) is 8.69. The molecule has 2 aromatic rings. The summed E-state index contributed by atoms with van der Waals surface area (Å²) in [6, 6.07) is 8.15. The molecule has 1 aliphatic heterocycles. The minimum absolute atomic E-state index is 0.124. The average Bonchev–Trinajstić information content (AvgIpc) is 2.67. The van der Waals surface area contributed by atoms with Gasteiger partial charge >= 0.3 is 0 Å². The number of quaternary nitrogens is 1. The highest BCUT2D eigenvalue weighted by Gasteiger charge is 2.24. The lowest BCUT2D eigenvalue weighted by atomic mass is 9.86. The molecule has 6 heteroatoms. The van der Waals surface area contributed by atoms with Gasteiger partial charge in [0.15, 0.2) is 0 Å². The van der Waals surface area contributed by atoms with Gasteiger partial charge in [0.1, 0.15) is 25.0 Å². The zero-order valence-electron chi connectivity index (χ0n) is 17.5. The SMILES string of the molecule is Cc1cc(C(C)(C)C)ccc1OC[C@H](O)C[NH+]1CCN(c2ncccn2)CC1. The van der Waals surface area contributed by atoms with Gasteiger partial charge in [-0.3, -0.25) is 0 Å². The molecule has 0 aliphatic carbocycles. The highest BCUT2D eigenvalue weighted by molar-refractivity contribution is 5.38. The van der Waals surface area contributed by atoms with Crippen LogP contribution < -0.4 is 14.5 Å². The second kappa shape index (κ2) is 8.88. The first-order valence-corrected chi connectivity index (χ1v) is 10.1. The van der Waals surface area contributed by atoms with Gasteiger partial charge in [-0.2, -0.15) is 0 Å². The van der Waals surface area contributed by atoms with Crippen LogP contribution in [-0.2, 0) is 5.41 Å². The number of piperazine rings is 1. The fourth-order valence-corrected chi connectivity index (χ4v) is 3.54. The monoisotopic (exact) mass is 385 g/mol. The van der Waals surface area contributed by atoms with Crippen LogP contribution in [0.2, 0.25) is 0 Å². The number of aromatic nitrogens is 2. The summed E-state index contributed by atoms with van der Waals surface area (Å²) in [6.07, 6.45) is 3.08. The number of hydrogen-bond donors (Lipinski definition) is 2. The van der Waals surface area contributed by atoms with Gasteiger partial charge in [-0.05, 0) is 35.6 Å². The summed E-state index contributed by atoms with van der Waals surface area (Å²) in [7, 11) is 0. The Morgan fingerprint density at radius 2 is 1.86 bits per heavy atom. The van der Waals surface area contributed by atoms with E-state index in [-0.39, 0.29) is 5.41 Å². The van der Waals surface area contributed by atoms with E-state index in [9.17, 15) is 5.11 Å². The third kappa shape index (κ3) is 5.42.